The van der Waals surface area contributed by atoms with Gasteiger partial charge in [0.05, 0.1) is 12.2 Å². The molecule has 0 N–H and O–H groups in total. The molecule has 1 aromatic carbocycles. The molecule has 2 nitrogen and oxygen atoms in total. The van der Waals surface area contributed by atoms with Gasteiger partial charge in [0.25, 0.3) is 0 Å². The van der Waals surface area contributed by atoms with Crippen LogP contribution in [0.4, 0.5) is 0 Å². The molecule has 0 amide bonds. The molecule has 2 atom stereocenters. The summed E-state index contributed by atoms with van der Waals surface area (Å²) in [6.07, 6.45) is 0.336. The van der Waals surface area contributed by atoms with Crippen LogP contribution in [0.2, 0.25) is 0 Å². The molecule has 90 valence electrons. The van der Waals surface area contributed by atoms with Crippen molar-refractivity contribution in [2.75, 3.05) is 13.2 Å². The van der Waals surface area contributed by atoms with Crippen molar-refractivity contribution in [3.8, 4) is 0 Å². The van der Waals surface area contributed by atoms with Crippen molar-refractivity contribution in [3.63, 3.8) is 0 Å². The molecule has 0 aliphatic carbocycles. The average molecular weight is 222 g/mol. The van der Waals surface area contributed by atoms with Crippen LogP contribution in [0.15, 0.2) is 24.3 Å². The Morgan fingerprint density at radius 2 is 1.12 bits per heavy atom. The second kappa shape index (κ2) is 6.66. The van der Waals surface area contributed by atoms with E-state index in [1.807, 2.05) is 13.8 Å². The van der Waals surface area contributed by atoms with Crippen molar-refractivity contribution in [2.24, 2.45) is 0 Å². The first-order valence-electron chi connectivity index (χ1n) is 6.02. The van der Waals surface area contributed by atoms with Crippen molar-refractivity contribution in [2.45, 2.75) is 39.9 Å². The second-order valence-corrected chi connectivity index (χ2v) is 3.86. The Balaban J connectivity index is 2.67. The van der Waals surface area contributed by atoms with E-state index in [4.69, 9.17) is 9.47 Å². The van der Waals surface area contributed by atoms with E-state index in [9.17, 15) is 0 Å². The minimum atomic E-state index is 0.168. The lowest BCUT2D eigenvalue weighted by Gasteiger charge is -2.15. The third-order valence-electron chi connectivity index (χ3n) is 2.71. The third-order valence-corrected chi connectivity index (χ3v) is 2.71. The topological polar surface area (TPSA) is 18.5 Å². The van der Waals surface area contributed by atoms with Crippen LogP contribution in [0.5, 0.6) is 0 Å². The lowest BCUT2D eigenvalue weighted by Crippen LogP contribution is -2.02. The summed E-state index contributed by atoms with van der Waals surface area (Å²) < 4.78 is 11.1. The van der Waals surface area contributed by atoms with Crippen LogP contribution < -0.4 is 0 Å². The normalized spacial score (nSPS) is 14.8. The highest BCUT2D eigenvalue weighted by Crippen LogP contribution is 2.21. The van der Waals surface area contributed by atoms with Crippen molar-refractivity contribution >= 4 is 0 Å². The number of hydrogen-bond acceptors (Lipinski definition) is 2. The summed E-state index contributed by atoms with van der Waals surface area (Å²) in [6, 6.07) is 8.46. The zero-order valence-corrected chi connectivity index (χ0v) is 10.7. The molecule has 0 saturated carbocycles. The lowest BCUT2D eigenvalue weighted by molar-refractivity contribution is 0.0739. The Morgan fingerprint density at radius 1 is 0.812 bits per heavy atom. The van der Waals surface area contributed by atoms with E-state index in [-0.39, 0.29) is 12.2 Å². The van der Waals surface area contributed by atoms with Gasteiger partial charge in [-0.3, -0.25) is 0 Å². The van der Waals surface area contributed by atoms with Crippen LogP contribution >= 0.6 is 0 Å². The molecule has 16 heavy (non-hydrogen) atoms. The van der Waals surface area contributed by atoms with E-state index in [0.29, 0.717) is 0 Å². The van der Waals surface area contributed by atoms with Gasteiger partial charge < -0.3 is 9.47 Å². The quantitative estimate of drug-likeness (QED) is 0.727. The predicted octanol–water partition coefficient (Wildman–Crippen LogP) is 3.88. The maximum absolute atomic E-state index is 5.54. The highest BCUT2D eigenvalue weighted by atomic mass is 16.5. The Labute approximate surface area is 98.6 Å². The first-order valence-corrected chi connectivity index (χ1v) is 6.02. The standard InChI is InChI=1S/C14H22O2/c1-5-15-11(3)13-7-9-14(10-8-13)12(4)16-6-2/h7-12H,5-6H2,1-4H3. The molecule has 2 heteroatoms. The maximum atomic E-state index is 5.54. The molecule has 0 aliphatic rings. The van der Waals surface area contributed by atoms with Gasteiger partial charge in [-0.1, -0.05) is 24.3 Å². The Hall–Kier alpha value is -0.860. The van der Waals surface area contributed by atoms with Gasteiger partial charge in [0.1, 0.15) is 0 Å². The molecule has 0 aromatic heterocycles. The van der Waals surface area contributed by atoms with Crippen LogP contribution in [0.3, 0.4) is 0 Å². The summed E-state index contributed by atoms with van der Waals surface area (Å²) in [6.45, 7) is 9.68. The minimum absolute atomic E-state index is 0.168. The highest BCUT2D eigenvalue weighted by Gasteiger charge is 2.07. The lowest BCUT2D eigenvalue weighted by atomic mass is 10.1. The summed E-state index contributed by atoms with van der Waals surface area (Å²) in [7, 11) is 0. The van der Waals surface area contributed by atoms with Gasteiger partial charge in [0, 0.05) is 13.2 Å². The second-order valence-electron chi connectivity index (χ2n) is 3.86. The monoisotopic (exact) mass is 222 g/mol. The van der Waals surface area contributed by atoms with E-state index >= 15 is 0 Å². The van der Waals surface area contributed by atoms with Crippen molar-refractivity contribution in [1.82, 2.24) is 0 Å². The van der Waals surface area contributed by atoms with Crippen molar-refractivity contribution in [1.29, 1.82) is 0 Å². The van der Waals surface area contributed by atoms with Gasteiger partial charge in [-0.25, -0.2) is 0 Å². The van der Waals surface area contributed by atoms with Gasteiger partial charge in [-0.2, -0.15) is 0 Å². The van der Waals surface area contributed by atoms with Gasteiger partial charge >= 0.3 is 0 Å². The summed E-state index contributed by atoms with van der Waals surface area (Å²) in [5.41, 5.74) is 2.43. The maximum Gasteiger partial charge on any atom is 0.0796 e. The first kappa shape index (κ1) is 13.2. The molecule has 0 radical (unpaired) electrons. The highest BCUT2D eigenvalue weighted by molar-refractivity contribution is 5.25. The van der Waals surface area contributed by atoms with Gasteiger partial charge in [-0.15, -0.1) is 0 Å². The van der Waals surface area contributed by atoms with Crippen molar-refractivity contribution < 1.29 is 9.47 Å². The van der Waals surface area contributed by atoms with Crippen LogP contribution in [0.25, 0.3) is 0 Å². The number of hydrogen-bond donors (Lipinski definition) is 0. The third kappa shape index (κ3) is 3.62. The Bertz CT molecular complexity index is 261. The van der Waals surface area contributed by atoms with E-state index < -0.39 is 0 Å². The zero-order valence-electron chi connectivity index (χ0n) is 10.7. The molecule has 0 bridgehead atoms. The van der Waals surface area contributed by atoms with E-state index in [1.54, 1.807) is 0 Å². The Morgan fingerprint density at radius 3 is 1.38 bits per heavy atom. The number of rotatable bonds is 6. The minimum Gasteiger partial charge on any atom is -0.374 e. The molecule has 0 fully saturated rings. The fourth-order valence-corrected chi connectivity index (χ4v) is 1.73. The molecule has 2 unspecified atom stereocenters. The molecular weight excluding hydrogens is 200 g/mol. The summed E-state index contributed by atoms with van der Waals surface area (Å²) >= 11 is 0. The fraction of sp³-hybridized carbons (Fsp3) is 0.571. The SMILES string of the molecule is CCOC(C)c1ccc(C(C)OCC)cc1. The van der Waals surface area contributed by atoms with Crippen molar-refractivity contribution in [3.05, 3.63) is 35.4 Å². The zero-order chi connectivity index (χ0) is 12.0. The van der Waals surface area contributed by atoms with E-state index in [1.165, 1.54) is 11.1 Å². The van der Waals surface area contributed by atoms with Crippen LogP contribution in [-0.2, 0) is 9.47 Å². The molecule has 1 aromatic rings. The predicted molar refractivity (Wildman–Crippen MR) is 66.5 cm³/mol. The largest absolute Gasteiger partial charge is 0.374 e. The van der Waals surface area contributed by atoms with Gasteiger partial charge in [0.2, 0.25) is 0 Å². The fourth-order valence-electron chi connectivity index (χ4n) is 1.73. The smallest absolute Gasteiger partial charge is 0.0796 e. The van der Waals surface area contributed by atoms with Gasteiger partial charge in [-0.05, 0) is 38.8 Å². The molecule has 0 saturated heterocycles. The first-order chi connectivity index (χ1) is 7.69. The molecule has 0 spiro atoms. The average Bonchev–Trinajstić information content (AvgIpc) is 2.30. The molecule has 0 aliphatic heterocycles. The van der Waals surface area contributed by atoms with Crippen LogP contribution in [-0.4, -0.2) is 13.2 Å². The van der Waals surface area contributed by atoms with Crippen LogP contribution in [0.1, 0.15) is 51.0 Å². The van der Waals surface area contributed by atoms with Gasteiger partial charge in [0.15, 0.2) is 0 Å². The summed E-state index contributed by atoms with van der Waals surface area (Å²) in [4.78, 5) is 0. The van der Waals surface area contributed by atoms with E-state index in [0.717, 1.165) is 13.2 Å². The molecule has 0 heterocycles. The summed E-state index contributed by atoms with van der Waals surface area (Å²) in [5.74, 6) is 0. The summed E-state index contributed by atoms with van der Waals surface area (Å²) in [5, 5.41) is 0. The Kier molecular flexibility index (Phi) is 5.50. The number of benzene rings is 1. The van der Waals surface area contributed by atoms with Crippen LogP contribution in [0, 0.1) is 0 Å². The molecule has 1 rings (SSSR count). The van der Waals surface area contributed by atoms with E-state index in [2.05, 4.69) is 38.1 Å². The molecular formula is C14H22O2. The number of ether oxygens (including phenoxy) is 2.